The number of carbonyl (C=O) groups is 2. The fourth-order valence-corrected chi connectivity index (χ4v) is 2.05. The molecule has 126 valence electrons. The molecule has 24 heavy (non-hydrogen) atoms. The van der Waals surface area contributed by atoms with Crippen molar-refractivity contribution < 1.29 is 23.1 Å². The second kappa shape index (κ2) is 7.60. The van der Waals surface area contributed by atoms with Crippen LogP contribution in [-0.4, -0.2) is 18.5 Å². The van der Waals surface area contributed by atoms with Gasteiger partial charge in [0.1, 0.15) is 5.75 Å². The van der Waals surface area contributed by atoms with Gasteiger partial charge in [-0.3, -0.25) is 4.79 Å². The van der Waals surface area contributed by atoms with Crippen LogP contribution in [0.3, 0.4) is 0 Å². The highest BCUT2D eigenvalue weighted by molar-refractivity contribution is 6.32. The van der Waals surface area contributed by atoms with Gasteiger partial charge in [-0.05, 0) is 42.5 Å². The van der Waals surface area contributed by atoms with E-state index in [9.17, 15) is 18.4 Å². The van der Waals surface area contributed by atoms with Crippen LogP contribution in [0.4, 0.5) is 25.0 Å². The summed E-state index contributed by atoms with van der Waals surface area (Å²) in [6.07, 6.45) is 0. The molecule has 0 saturated carbocycles. The predicted octanol–water partition coefficient (Wildman–Crippen LogP) is 3.68. The number of hydrogen-bond acceptors (Lipinski definition) is 3. The SMILES string of the molecule is NC(=O)Nc1ccc(C(=O)Nc2ccc(OC(F)F)c(Cl)c2)cc1. The lowest BCUT2D eigenvalue weighted by atomic mass is 10.2. The fraction of sp³-hybridized carbons (Fsp3) is 0.0667. The maximum absolute atomic E-state index is 12.2. The maximum atomic E-state index is 12.2. The Balaban J connectivity index is 2.06. The molecule has 6 nitrogen and oxygen atoms in total. The number of alkyl halides is 2. The minimum atomic E-state index is -2.99. The van der Waals surface area contributed by atoms with E-state index >= 15 is 0 Å². The van der Waals surface area contributed by atoms with Crippen LogP contribution >= 0.6 is 11.6 Å². The van der Waals surface area contributed by atoms with Crippen molar-refractivity contribution in [2.45, 2.75) is 6.61 Å². The number of hydrogen-bond donors (Lipinski definition) is 3. The number of halogens is 3. The average Bonchev–Trinajstić information content (AvgIpc) is 2.49. The Bertz CT molecular complexity index is 754. The van der Waals surface area contributed by atoms with Crippen LogP contribution in [0.15, 0.2) is 42.5 Å². The molecule has 0 unspecified atom stereocenters. The number of primary amides is 1. The molecule has 9 heteroatoms. The molecule has 2 rings (SSSR count). The largest absolute Gasteiger partial charge is 0.433 e. The Labute approximate surface area is 140 Å². The van der Waals surface area contributed by atoms with Gasteiger partial charge in [0.25, 0.3) is 5.91 Å². The van der Waals surface area contributed by atoms with E-state index in [2.05, 4.69) is 15.4 Å². The lowest BCUT2D eigenvalue weighted by Crippen LogP contribution is -2.19. The fourth-order valence-electron chi connectivity index (χ4n) is 1.82. The molecule has 0 radical (unpaired) electrons. The van der Waals surface area contributed by atoms with Gasteiger partial charge < -0.3 is 21.1 Å². The molecule has 2 aromatic rings. The number of anilines is 2. The number of carbonyl (C=O) groups excluding carboxylic acids is 2. The van der Waals surface area contributed by atoms with Gasteiger partial charge in [0.05, 0.1) is 5.02 Å². The highest BCUT2D eigenvalue weighted by atomic mass is 35.5. The van der Waals surface area contributed by atoms with Gasteiger partial charge in [0.2, 0.25) is 0 Å². The van der Waals surface area contributed by atoms with E-state index in [-0.39, 0.29) is 10.8 Å². The van der Waals surface area contributed by atoms with Crippen LogP contribution in [0, 0.1) is 0 Å². The summed E-state index contributed by atoms with van der Waals surface area (Å²) in [5.74, 6) is -0.634. The van der Waals surface area contributed by atoms with Gasteiger partial charge >= 0.3 is 12.6 Å². The first-order valence-corrected chi connectivity index (χ1v) is 6.95. The summed E-state index contributed by atoms with van der Waals surface area (Å²) in [6, 6.07) is 9.16. The summed E-state index contributed by atoms with van der Waals surface area (Å²) in [5.41, 5.74) is 6.05. The van der Waals surface area contributed by atoms with Crippen LogP contribution in [0.25, 0.3) is 0 Å². The first-order valence-electron chi connectivity index (χ1n) is 6.57. The molecule has 0 aliphatic carbocycles. The molecule has 2 aromatic carbocycles. The minimum Gasteiger partial charge on any atom is -0.433 e. The molecular weight excluding hydrogens is 344 g/mol. The quantitative estimate of drug-likeness (QED) is 0.763. The molecule has 0 aromatic heterocycles. The van der Waals surface area contributed by atoms with Crippen molar-refractivity contribution in [3.8, 4) is 5.75 Å². The van der Waals surface area contributed by atoms with Crippen LogP contribution in [0.1, 0.15) is 10.4 Å². The Morgan fingerprint density at radius 3 is 2.21 bits per heavy atom. The van der Waals surface area contributed by atoms with E-state index in [1.54, 1.807) is 0 Å². The molecule has 0 fully saturated rings. The zero-order valence-corrected chi connectivity index (χ0v) is 12.8. The number of nitrogens with two attached hydrogens (primary N) is 1. The zero-order chi connectivity index (χ0) is 17.7. The summed E-state index contributed by atoms with van der Waals surface area (Å²) in [6.45, 7) is -2.99. The van der Waals surface area contributed by atoms with E-state index < -0.39 is 18.5 Å². The van der Waals surface area contributed by atoms with Gasteiger partial charge in [0, 0.05) is 16.9 Å². The number of urea groups is 1. The third-order valence-electron chi connectivity index (χ3n) is 2.82. The van der Waals surface area contributed by atoms with Crippen molar-refractivity contribution in [1.29, 1.82) is 0 Å². The minimum absolute atomic E-state index is 0.0610. The van der Waals surface area contributed by atoms with Gasteiger partial charge in [-0.25, -0.2) is 4.79 Å². The Hall–Kier alpha value is -2.87. The molecule has 0 saturated heterocycles. The van der Waals surface area contributed by atoms with E-state index in [0.29, 0.717) is 16.9 Å². The van der Waals surface area contributed by atoms with Gasteiger partial charge in [-0.15, -0.1) is 0 Å². The molecule has 0 bridgehead atoms. The van der Waals surface area contributed by atoms with Crippen LogP contribution in [0.2, 0.25) is 5.02 Å². The third kappa shape index (κ3) is 4.82. The number of nitrogens with one attached hydrogen (secondary N) is 2. The molecular formula is C15H12ClF2N3O3. The topological polar surface area (TPSA) is 93.5 Å². The highest BCUT2D eigenvalue weighted by Crippen LogP contribution is 2.29. The molecule has 0 aliphatic heterocycles. The summed E-state index contributed by atoms with van der Waals surface area (Å²) in [7, 11) is 0. The van der Waals surface area contributed by atoms with Crippen LogP contribution in [-0.2, 0) is 0 Å². The Morgan fingerprint density at radius 2 is 1.67 bits per heavy atom. The standard InChI is InChI=1S/C15H12ClF2N3O3/c16-11-7-10(5-6-12(11)24-14(17)18)20-13(22)8-1-3-9(4-2-8)21-15(19)23/h1-7,14H,(H,20,22)(H3,19,21,23). The summed E-state index contributed by atoms with van der Waals surface area (Å²) < 4.78 is 28.5. The Kier molecular flexibility index (Phi) is 5.54. The lowest BCUT2D eigenvalue weighted by molar-refractivity contribution is -0.0497. The highest BCUT2D eigenvalue weighted by Gasteiger charge is 2.11. The normalized spacial score (nSPS) is 10.3. The van der Waals surface area contributed by atoms with Crippen LogP contribution < -0.4 is 21.1 Å². The number of amides is 3. The van der Waals surface area contributed by atoms with Crippen molar-refractivity contribution in [2.24, 2.45) is 5.73 Å². The molecule has 0 atom stereocenters. The van der Waals surface area contributed by atoms with Crippen molar-refractivity contribution in [3.05, 3.63) is 53.1 Å². The van der Waals surface area contributed by atoms with E-state index in [0.717, 1.165) is 0 Å². The maximum Gasteiger partial charge on any atom is 0.387 e. The number of benzene rings is 2. The third-order valence-corrected chi connectivity index (χ3v) is 3.12. The molecule has 0 spiro atoms. The van der Waals surface area contributed by atoms with E-state index in [4.69, 9.17) is 17.3 Å². The van der Waals surface area contributed by atoms with Gasteiger partial charge in [-0.1, -0.05) is 11.6 Å². The summed E-state index contributed by atoms with van der Waals surface area (Å²) in [4.78, 5) is 22.8. The Morgan fingerprint density at radius 1 is 1.04 bits per heavy atom. The van der Waals surface area contributed by atoms with Gasteiger partial charge in [0.15, 0.2) is 0 Å². The first kappa shape index (κ1) is 17.5. The zero-order valence-electron chi connectivity index (χ0n) is 12.1. The second-order valence-corrected chi connectivity index (χ2v) is 4.95. The van der Waals surface area contributed by atoms with Gasteiger partial charge in [-0.2, -0.15) is 8.78 Å². The second-order valence-electron chi connectivity index (χ2n) is 4.54. The monoisotopic (exact) mass is 355 g/mol. The number of ether oxygens (including phenoxy) is 1. The van der Waals surface area contributed by atoms with E-state index in [1.807, 2.05) is 0 Å². The van der Waals surface area contributed by atoms with E-state index in [1.165, 1.54) is 42.5 Å². The molecule has 3 amide bonds. The van der Waals surface area contributed by atoms with Crippen molar-refractivity contribution >= 4 is 34.9 Å². The first-order chi connectivity index (χ1) is 11.3. The summed E-state index contributed by atoms with van der Waals surface area (Å²) >= 11 is 5.81. The van der Waals surface area contributed by atoms with Crippen molar-refractivity contribution in [2.75, 3.05) is 10.6 Å². The van der Waals surface area contributed by atoms with Crippen molar-refractivity contribution in [3.63, 3.8) is 0 Å². The number of rotatable bonds is 5. The smallest absolute Gasteiger partial charge is 0.387 e. The van der Waals surface area contributed by atoms with Crippen molar-refractivity contribution in [1.82, 2.24) is 0 Å². The molecule has 0 heterocycles. The van der Waals surface area contributed by atoms with Crippen LogP contribution in [0.5, 0.6) is 5.75 Å². The lowest BCUT2D eigenvalue weighted by Gasteiger charge is -2.10. The average molecular weight is 356 g/mol. The molecule has 4 N–H and O–H groups in total. The summed E-state index contributed by atoms with van der Waals surface area (Å²) in [5, 5.41) is 4.86. The predicted molar refractivity (Wildman–Crippen MR) is 85.7 cm³/mol. The molecule has 0 aliphatic rings.